The predicted molar refractivity (Wildman–Crippen MR) is 89.1 cm³/mol. The number of nitro groups is 3. The van der Waals surface area contributed by atoms with Crippen molar-refractivity contribution < 1.29 is 24.4 Å². The SMILES string of the molecule is C[n+]1cn(N)c2ccccc21.O=[N+]([O-])c1cc([N+](=O)[O-])c([O-])c([N+](=O)[O-])c1. The Morgan fingerprint density at radius 1 is 0.963 bits per heavy atom. The van der Waals surface area contributed by atoms with Gasteiger partial charge in [-0.1, -0.05) is 12.1 Å². The number of nitrogens with zero attached hydrogens (tertiary/aromatic N) is 5. The monoisotopic (exact) mass is 376 g/mol. The average molecular weight is 376 g/mol. The van der Waals surface area contributed by atoms with Crippen LogP contribution in [0.15, 0.2) is 42.7 Å². The number of aryl methyl sites for hydroxylation is 1. The van der Waals surface area contributed by atoms with Crippen LogP contribution >= 0.6 is 0 Å². The number of nitro benzene ring substituents is 3. The number of aromatic nitrogens is 2. The minimum atomic E-state index is -1.46. The van der Waals surface area contributed by atoms with Crippen LogP contribution in [0, 0.1) is 30.3 Å². The first-order chi connectivity index (χ1) is 12.6. The number of nitrogens with two attached hydrogens (primary N) is 1. The Morgan fingerprint density at radius 2 is 1.48 bits per heavy atom. The smallest absolute Gasteiger partial charge is 0.283 e. The molecular formula is C14H12N6O7. The van der Waals surface area contributed by atoms with Crippen LogP contribution in [-0.2, 0) is 7.05 Å². The van der Waals surface area contributed by atoms with Gasteiger partial charge in [0.25, 0.3) is 23.4 Å². The van der Waals surface area contributed by atoms with Crippen molar-refractivity contribution in [2.75, 3.05) is 5.84 Å². The second-order valence-electron chi connectivity index (χ2n) is 5.21. The van der Waals surface area contributed by atoms with Gasteiger partial charge in [0.15, 0.2) is 11.0 Å². The molecule has 0 saturated carbocycles. The van der Waals surface area contributed by atoms with E-state index in [0.717, 1.165) is 11.0 Å². The summed E-state index contributed by atoms with van der Waals surface area (Å²) in [6.07, 6.45) is 1.85. The second kappa shape index (κ2) is 7.30. The van der Waals surface area contributed by atoms with Gasteiger partial charge in [-0.05, 0) is 12.1 Å². The number of nitrogen functional groups attached to an aromatic ring is 1. The van der Waals surface area contributed by atoms with Crippen molar-refractivity contribution in [3.8, 4) is 5.75 Å². The molecule has 0 aliphatic rings. The fraction of sp³-hybridized carbons (Fsp3) is 0.0714. The van der Waals surface area contributed by atoms with E-state index in [1.807, 2.05) is 42.2 Å². The highest BCUT2D eigenvalue weighted by Crippen LogP contribution is 2.36. The molecule has 0 radical (unpaired) electrons. The van der Waals surface area contributed by atoms with E-state index in [-0.39, 0.29) is 0 Å². The molecule has 0 fully saturated rings. The Bertz CT molecular complexity index is 990. The molecular weight excluding hydrogens is 364 g/mol. The van der Waals surface area contributed by atoms with E-state index < -0.39 is 37.6 Å². The third-order valence-corrected chi connectivity index (χ3v) is 3.48. The minimum Gasteiger partial charge on any atom is -0.863 e. The third kappa shape index (κ3) is 3.87. The topological polar surface area (TPSA) is 187 Å². The molecule has 1 aromatic heterocycles. The minimum absolute atomic E-state index is 0.384. The molecule has 1 heterocycles. The fourth-order valence-corrected chi connectivity index (χ4v) is 2.25. The maximum absolute atomic E-state index is 11.1. The van der Waals surface area contributed by atoms with E-state index >= 15 is 0 Å². The van der Waals surface area contributed by atoms with E-state index in [2.05, 4.69) is 0 Å². The summed E-state index contributed by atoms with van der Waals surface area (Å²) in [6, 6.07) is 8.78. The van der Waals surface area contributed by atoms with Crippen molar-refractivity contribution in [1.82, 2.24) is 4.68 Å². The molecule has 2 N–H and O–H groups in total. The zero-order valence-electron chi connectivity index (χ0n) is 13.7. The molecule has 0 bridgehead atoms. The highest BCUT2D eigenvalue weighted by Gasteiger charge is 2.24. The van der Waals surface area contributed by atoms with Crippen molar-refractivity contribution in [2.45, 2.75) is 0 Å². The summed E-state index contributed by atoms with van der Waals surface area (Å²) in [5, 5.41) is 42.1. The number of imidazole rings is 1. The maximum atomic E-state index is 11.1. The highest BCUT2D eigenvalue weighted by molar-refractivity contribution is 5.71. The van der Waals surface area contributed by atoms with Gasteiger partial charge >= 0.3 is 0 Å². The molecule has 0 aliphatic heterocycles. The van der Waals surface area contributed by atoms with Crippen molar-refractivity contribution in [2.24, 2.45) is 7.05 Å². The second-order valence-corrected chi connectivity index (χ2v) is 5.21. The van der Waals surface area contributed by atoms with Gasteiger partial charge in [-0.25, -0.2) is 4.57 Å². The van der Waals surface area contributed by atoms with Crippen LogP contribution < -0.4 is 15.5 Å². The molecule has 140 valence electrons. The molecule has 13 heteroatoms. The quantitative estimate of drug-likeness (QED) is 0.298. The van der Waals surface area contributed by atoms with E-state index in [1.54, 1.807) is 4.68 Å². The standard InChI is InChI=1S/C8H10N3.C6H3N3O7/c1-10-6-11(9)8-5-3-2-4-7(8)10;10-6-4(8(13)14)1-3(7(11)12)2-5(6)9(15)16/h2-6H,9H2,1H3;1-2,10H/q+1;/p-1. The Morgan fingerprint density at radius 3 is 1.93 bits per heavy atom. The van der Waals surface area contributed by atoms with Crippen LogP contribution in [0.1, 0.15) is 0 Å². The van der Waals surface area contributed by atoms with Gasteiger partial charge in [0.05, 0.1) is 39.7 Å². The molecule has 0 spiro atoms. The van der Waals surface area contributed by atoms with Gasteiger partial charge in [-0.3, -0.25) is 36.2 Å². The highest BCUT2D eigenvalue weighted by atomic mass is 16.6. The number of hydrogen-bond donors (Lipinski definition) is 1. The van der Waals surface area contributed by atoms with Gasteiger partial charge in [0.1, 0.15) is 0 Å². The van der Waals surface area contributed by atoms with E-state index in [1.165, 1.54) is 0 Å². The molecule has 0 atom stereocenters. The summed E-state index contributed by atoms with van der Waals surface area (Å²) < 4.78 is 3.62. The summed E-state index contributed by atoms with van der Waals surface area (Å²) in [5.41, 5.74) is -1.06. The lowest BCUT2D eigenvalue weighted by Gasteiger charge is -2.06. The van der Waals surface area contributed by atoms with Crippen LogP contribution in [0.4, 0.5) is 17.1 Å². The normalized spacial score (nSPS) is 10.1. The molecule has 0 saturated heterocycles. The van der Waals surface area contributed by atoms with Gasteiger partial charge in [0.2, 0.25) is 0 Å². The van der Waals surface area contributed by atoms with Crippen LogP contribution in [0.5, 0.6) is 5.75 Å². The number of rotatable bonds is 3. The maximum Gasteiger partial charge on any atom is 0.283 e. The first-order valence-electron chi connectivity index (χ1n) is 7.12. The molecule has 0 aliphatic carbocycles. The number of para-hydroxylation sites is 2. The number of hydrogen-bond acceptors (Lipinski definition) is 8. The van der Waals surface area contributed by atoms with Crippen molar-refractivity contribution >= 4 is 28.1 Å². The van der Waals surface area contributed by atoms with E-state index in [0.29, 0.717) is 12.1 Å². The Balaban J connectivity index is 0.000000206. The molecule has 3 aromatic rings. The Kier molecular flexibility index (Phi) is 5.15. The molecule has 13 nitrogen and oxygen atoms in total. The van der Waals surface area contributed by atoms with Gasteiger partial charge in [0, 0.05) is 0 Å². The first-order valence-corrected chi connectivity index (χ1v) is 7.12. The Labute approximate surface area is 149 Å². The van der Waals surface area contributed by atoms with Crippen LogP contribution in [0.2, 0.25) is 0 Å². The number of benzene rings is 2. The van der Waals surface area contributed by atoms with Crippen molar-refractivity contribution in [3.63, 3.8) is 0 Å². The zero-order valence-corrected chi connectivity index (χ0v) is 13.7. The lowest BCUT2D eigenvalue weighted by Crippen LogP contribution is -2.26. The lowest BCUT2D eigenvalue weighted by atomic mass is 10.2. The first kappa shape index (κ1) is 19.0. The third-order valence-electron chi connectivity index (χ3n) is 3.48. The van der Waals surface area contributed by atoms with Crippen LogP contribution in [0.3, 0.4) is 0 Å². The molecule has 2 aromatic carbocycles. The summed E-state index contributed by atoms with van der Waals surface area (Å²) in [4.78, 5) is 27.5. The van der Waals surface area contributed by atoms with Crippen LogP contribution in [0.25, 0.3) is 11.0 Å². The molecule has 3 rings (SSSR count). The van der Waals surface area contributed by atoms with Gasteiger partial charge < -0.3 is 5.11 Å². The Hall–Kier alpha value is -4.29. The van der Waals surface area contributed by atoms with Crippen LogP contribution in [-0.4, -0.2) is 19.4 Å². The summed E-state index contributed by atoms with van der Waals surface area (Å²) >= 11 is 0. The number of non-ortho nitro benzene ring substituents is 1. The van der Waals surface area contributed by atoms with E-state index in [9.17, 15) is 35.4 Å². The molecule has 0 unspecified atom stereocenters. The van der Waals surface area contributed by atoms with Gasteiger partial charge in [-0.2, -0.15) is 0 Å². The average Bonchev–Trinajstić information content (AvgIpc) is 2.89. The lowest BCUT2D eigenvalue weighted by molar-refractivity contribution is -0.645. The summed E-state index contributed by atoms with van der Waals surface area (Å²) in [6.45, 7) is 0. The molecule has 27 heavy (non-hydrogen) atoms. The van der Waals surface area contributed by atoms with E-state index in [4.69, 9.17) is 5.84 Å². The summed E-state index contributed by atoms with van der Waals surface area (Å²) in [5.74, 6) is 4.22. The predicted octanol–water partition coefficient (Wildman–Crippen LogP) is 0.664. The zero-order chi connectivity index (χ0) is 20.3. The summed E-state index contributed by atoms with van der Waals surface area (Å²) in [7, 11) is 1.98. The number of fused-ring (bicyclic) bond motifs is 1. The largest absolute Gasteiger partial charge is 0.863 e. The van der Waals surface area contributed by atoms with Crippen molar-refractivity contribution in [1.29, 1.82) is 0 Å². The van der Waals surface area contributed by atoms with Gasteiger partial charge in [-0.15, -0.1) is 4.68 Å². The van der Waals surface area contributed by atoms with Crippen molar-refractivity contribution in [3.05, 3.63) is 73.1 Å². The fourth-order valence-electron chi connectivity index (χ4n) is 2.25. The molecule has 0 amide bonds.